The van der Waals surface area contributed by atoms with Crippen LogP contribution in [-0.2, 0) is 10.2 Å². The third-order valence-corrected chi connectivity index (χ3v) is 5.65. The van der Waals surface area contributed by atoms with E-state index in [1.807, 2.05) is 6.92 Å². The number of oxime groups is 1. The molecule has 0 amide bonds. The van der Waals surface area contributed by atoms with Crippen molar-refractivity contribution in [3.05, 3.63) is 0 Å². The molecule has 112 valence electrons. The molecule has 8 heteroatoms. The second kappa shape index (κ2) is 6.06. The van der Waals surface area contributed by atoms with Gasteiger partial charge in [0, 0.05) is 12.6 Å². The second-order valence-corrected chi connectivity index (χ2v) is 6.86. The van der Waals surface area contributed by atoms with Gasteiger partial charge in [0.2, 0.25) is 0 Å². The summed E-state index contributed by atoms with van der Waals surface area (Å²) in [6, 6.07) is -0.0281. The largest absolute Gasteiger partial charge is 0.409 e. The maximum Gasteiger partial charge on any atom is 0.280 e. The van der Waals surface area contributed by atoms with Crippen molar-refractivity contribution in [2.24, 2.45) is 10.9 Å². The molecule has 2 atom stereocenters. The molecule has 7 nitrogen and oxygen atoms in total. The molecule has 0 spiro atoms. The van der Waals surface area contributed by atoms with E-state index < -0.39 is 15.7 Å². The minimum atomic E-state index is -3.65. The van der Waals surface area contributed by atoms with Crippen molar-refractivity contribution in [1.82, 2.24) is 9.03 Å². The minimum Gasteiger partial charge on any atom is -0.409 e. The zero-order valence-corrected chi connectivity index (χ0v) is 12.6. The van der Waals surface area contributed by atoms with E-state index in [1.165, 1.54) is 4.31 Å². The quantitative estimate of drug-likeness (QED) is 0.298. The highest BCUT2D eigenvalue weighted by Gasteiger charge is 2.37. The zero-order valence-electron chi connectivity index (χ0n) is 11.8. The molecule has 0 aliphatic carbocycles. The summed E-state index contributed by atoms with van der Waals surface area (Å²) < 4.78 is 28.8. The molecule has 1 saturated heterocycles. The highest BCUT2D eigenvalue weighted by molar-refractivity contribution is 7.87. The van der Waals surface area contributed by atoms with Gasteiger partial charge in [-0.1, -0.05) is 18.5 Å². The highest BCUT2D eigenvalue weighted by Crippen LogP contribution is 2.21. The number of hydrogen-bond donors (Lipinski definition) is 3. The number of nitrogens with one attached hydrogen (secondary N) is 1. The first-order valence-electron chi connectivity index (χ1n) is 6.55. The van der Waals surface area contributed by atoms with Gasteiger partial charge >= 0.3 is 0 Å². The fourth-order valence-electron chi connectivity index (χ4n) is 2.19. The summed E-state index contributed by atoms with van der Waals surface area (Å²) in [5, 5.41) is 11.7. The summed E-state index contributed by atoms with van der Waals surface area (Å²) in [5.41, 5.74) is 4.51. The molecule has 1 heterocycles. The van der Waals surface area contributed by atoms with Crippen LogP contribution in [0.5, 0.6) is 0 Å². The van der Waals surface area contributed by atoms with E-state index in [-0.39, 0.29) is 11.9 Å². The van der Waals surface area contributed by atoms with Gasteiger partial charge in [0.25, 0.3) is 10.2 Å². The van der Waals surface area contributed by atoms with Crippen molar-refractivity contribution in [2.75, 3.05) is 6.54 Å². The zero-order chi connectivity index (χ0) is 14.7. The third-order valence-electron chi connectivity index (χ3n) is 3.79. The molecule has 0 aromatic heterocycles. The number of rotatable bonds is 5. The van der Waals surface area contributed by atoms with Gasteiger partial charge in [-0.3, -0.25) is 0 Å². The summed E-state index contributed by atoms with van der Waals surface area (Å²) >= 11 is 0. The van der Waals surface area contributed by atoms with Gasteiger partial charge in [0.1, 0.15) is 0 Å². The van der Waals surface area contributed by atoms with Crippen molar-refractivity contribution in [1.29, 1.82) is 0 Å². The van der Waals surface area contributed by atoms with Gasteiger partial charge in [-0.2, -0.15) is 17.4 Å². The Kier molecular flexibility index (Phi) is 5.17. The predicted octanol–water partition coefficient (Wildman–Crippen LogP) is 0.610. The maximum atomic E-state index is 12.4. The lowest BCUT2D eigenvalue weighted by atomic mass is 10.00. The van der Waals surface area contributed by atoms with Crippen molar-refractivity contribution >= 4 is 16.0 Å². The molecule has 0 saturated carbocycles. The van der Waals surface area contributed by atoms with Gasteiger partial charge < -0.3 is 10.9 Å². The van der Waals surface area contributed by atoms with Gasteiger partial charge in [-0.15, -0.1) is 0 Å². The minimum absolute atomic E-state index is 0.0281. The molecule has 0 radical (unpaired) electrons. The van der Waals surface area contributed by atoms with Crippen LogP contribution in [0.2, 0.25) is 0 Å². The number of nitrogens with two attached hydrogens (primary N) is 1. The van der Waals surface area contributed by atoms with Crippen LogP contribution in [-0.4, -0.2) is 41.9 Å². The summed E-state index contributed by atoms with van der Waals surface area (Å²) in [4.78, 5) is 0. The lowest BCUT2D eigenvalue weighted by molar-refractivity contribution is 0.261. The van der Waals surface area contributed by atoms with Gasteiger partial charge in [0.05, 0.1) is 5.54 Å². The molecule has 0 bridgehead atoms. The molecule has 1 rings (SSSR count). The van der Waals surface area contributed by atoms with E-state index in [0.29, 0.717) is 13.0 Å². The summed E-state index contributed by atoms with van der Waals surface area (Å²) in [7, 11) is -3.65. The number of nitrogens with zero attached hydrogens (tertiary/aromatic N) is 2. The Balaban J connectivity index is 2.94. The molecule has 0 aromatic rings. The summed E-state index contributed by atoms with van der Waals surface area (Å²) in [6.07, 6.45) is 3.15. The Morgan fingerprint density at radius 1 is 1.58 bits per heavy atom. The monoisotopic (exact) mass is 292 g/mol. The summed E-state index contributed by atoms with van der Waals surface area (Å²) in [6.45, 7) is 5.78. The average molecular weight is 292 g/mol. The molecule has 1 fully saturated rings. The number of amidine groups is 1. The van der Waals surface area contributed by atoms with Crippen LogP contribution in [0.4, 0.5) is 0 Å². The van der Waals surface area contributed by atoms with Crippen LogP contribution in [0.1, 0.15) is 46.5 Å². The van der Waals surface area contributed by atoms with Crippen LogP contribution >= 0.6 is 0 Å². The maximum absolute atomic E-state index is 12.4. The van der Waals surface area contributed by atoms with Crippen molar-refractivity contribution < 1.29 is 13.6 Å². The molecule has 2 unspecified atom stereocenters. The Bertz CT molecular complexity index is 437. The molecular formula is C11H24N4O3S. The van der Waals surface area contributed by atoms with Crippen LogP contribution in [0.25, 0.3) is 0 Å². The van der Waals surface area contributed by atoms with Gasteiger partial charge in [-0.05, 0) is 33.1 Å². The van der Waals surface area contributed by atoms with E-state index in [0.717, 1.165) is 19.3 Å². The first-order valence-corrected chi connectivity index (χ1v) is 7.99. The normalized spacial score (nSPS) is 26.1. The summed E-state index contributed by atoms with van der Waals surface area (Å²) in [5.74, 6) is -0.136. The van der Waals surface area contributed by atoms with E-state index in [1.54, 1.807) is 13.8 Å². The Morgan fingerprint density at radius 2 is 2.21 bits per heavy atom. The first kappa shape index (κ1) is 16.2. The van der Waals surface area contributed by atoms with Crippen LogP contribution < -0.4 is 10.5 Å². The second-order valence-electron chi connectivity index (χ2n) is 5.23. The van der Waals surface area contributed by atoms with Crippen LogP contribution in [0.15, 0.2) is 5.16 Å². The first-order chi connectivity index (χ1) is 8.77. The van der Waals surface area contributed by atoms with E-state index >= 15 is 0 Å². The number of piperidine rings is 1. The molecule has 1 aliphatic rings. The van der Waals surface area contributed by atoms with Crippen LogP contribution in [0.3, 0.4) is 0 Å². The molecule has 1 aliphatic heterocycles. The van der Waals surface area contributed by atoms with E-state index in [2.05, 4.69) is 9.88 Å². The van der Waals surface area contributed by atoms with Gasteiger partial charge in [-0.25, -0.2) is 0 Å². The average Bonchev–Trinajstić information content (AvgIpc) is 2.37. The standard InChI is InChI=1S/C11H24N4O3S/c1-4-11(3,10(12)13-16)14-19(17,18)15-8-6-5-7-9(15)2/h9,14,16H,4-8H2,1-3H3,(H2,12,13). The predicted molar refractivity (Wildman–Crippen MR) is 74.2 cm³/mol. The highest BCUT2D eigenvalue weighted by atomic mass is 32.2. The molecule has 19 heavy (non-hydrogen) atoms. The Labute approximate surface area is 115 Å². The molecular weight excluding hydrogens is 268 g/mol. The van der Waals surface area contributed by atoms with E-state index in [4.69, 9.17) is 10.9 Å². The fourth-order valence-corrected chi connectivity index (χ4v) is 4.07. The SMILES string of the molecule is CCC(C)(NS(=O)(=O)N1CCCCC1C)/C(N)=N/O. The third kappa shape index (κ3) is 3.58. The number of hydrogen-bond acceptors (Lipinski definition) is 4. The molecule has 0 aromatic carbocycles. The van der Waals surface area contributed by atoms with Crippen LogP contribution in [0, 0.1) is 0 Å². The Hall–Kier alpha value is -0.860. The topological polar surface area (TPSA) is 108 Å². The molecule has 4 N–H and O–H groups in total. The lowest BCUT2D eigenvalue weighted by Crippen LogP contribution is -2.59. The van der Waals surface area contributed by atoms with Gasteiger partial charge in [0.15, 0.2) is 5.84 Å². The smallest absolute Gasteiger partial charge is 0.280 e. The van der Waals surface area contributed by atoms with Crippen molar-refractivity contribution in [3.8, 4) is 0 Å². The van der Waals surface area contributed by atoms with Crippen molar-refractivity contribution in [3.63, 3.8) is 0 Å². The lowest BCUT2D eigenvalue weighted by Gasteiger charge is -2.36. The van der Waals surface area contributed by atoms with E-state index in [9.17, 15) is 8.42 Å². The Morgan fingerprint density at radius 3 is 2.68 bits per heavy atom. The van der Waals surface area contributed by atoms with Crippen molar-refractivity contribution in [2.45, 2.75) is 58.0 Å². The fraction of sp³-hybridized carbons (Fsp3) is 0.909.